The van der Waals surface area contributed by atoms with Crippen molar-refractivity contribution in [1.29, 1.82) is 0 Å². The topological polar surface area (TPSA) is 91.6 Å². The van der Waals surface area contributed by atoms with Crippen LogP contribution in [0.5, 0.6) is 0 Å². The molecule has 3 aromatic rings. The van der Waals surface area contributed by atoms with Gasteiger partial charge in [-0.25, -0.2) is 5.01 Å². The summed E-state index contributed by atoms with van der Waals surface area (Å²) in [7, 11) is 0. The van der Waals surface area contributed by atoms with Crippen molar-refractivity contribution in [2.45, 2.75) is 12.5 Å². The van der Waals surface area contributed by atoms with Crippen LogP contribution in [-0.2, 0) is 0 Å². The van der Waals surface area contributed by atoms with Gasteiger partial charge in [0.05, 0.1) is 10.6 Å². The molecule has 7 nitrogen and oxygen atoms in total. The molecule has 1 unspecified atom stereocenters. The van der Waals surface area contributed by atoms with Gasteiger partial charge in [0.1, 0.15) is 6.04 Å². The molecule has 0 spiro atoms. The summed E-state index contributed by atoms with van der Waals surface area (Å²) < 4.78 is 0.967. The Hall–Kier alpha value is -3.26. The van der Waals surface area contributed by atoms with E-state index in [4.69, 9.17) is 0 Å². The Kier molecular flexibility index (Phi) is 4.79. The molecule has 2 aromatic carbocycles. The summed E-state index contributed by atoms with van der Waals surface area (Å²) in [4.78, 5) is 26.6. The number of H-pyrrole nitrogens is 1. The van der Waals surface area contributed by atoms with Gasteiger partial charge in [0, 0.05) is 40.5 Å². The molecule has 1 aromatic heterocycles. The van der Waals surface area contributed by atoms with Crippen LogP contribution in [0.4, 0.5) is 5.69 Å². The first-order chi connectivity index (χ1) is 13.5. The zero-order chi connectivity index (χ0) is 19.7. The smallest absolute Gasteiger partial charge is 0.274 e. The molecular formula is C20H15BrN4O3. The highest BCUT2D eigenvalue weighted by Crippen LogP contribution is 2.33. The second-order valence-corrected chi connectivity index (χ2v) is 7.27. The number of hydrogen-bond acceptors (Lipinski definition) is 4. The Bertz CT molecular complexity index is 1040. The van der Waals surface area contributed by atoms with Crippen LogP contribution in [-0.4, -0.2) is 26.5 Å². The number of hydrazone groups is 1. The number of nitro benzene ring substituents is 1. The predicted octanol–water partition coefficient (Wildman–Crippen LogP) is 4.68. The number of aromatic nitrogens is 1. The van der Waals surface area contributed by atoms with Crippen molar-refractivity contribution >= 4 is 33.2 Å². The molecule has 4 rings (SSSR count). The minimum atomic E-state index is -0.490. The number of hydrogen-bond donors (Lipinski definition) is 1. The van der Waals surface area contributed by atoms with Crippen molar-refractivity contribution < 1.29 is 9.72 Å². The summed E-state index contributed by atoms with van der Waals surface area (Å²) in [5, 5.41) is 16.9. The van der Waals surface area contributed by atoms with Crippen molar-refractivity contribution in [1.82, 2.24) is 9.99 Å². The van der Waals surface area contributed by atoms with Gasteiger partial charge in [0.15, 0.2) is 0 Å². The van der Waals surface area contributed by atoms with Crippen LogP contribution in [0.15, 0.2) is 76.4 Å². The van der Waals surface area contributed by atoms with Crippen LogP contribution in [0.25, 0.3) is 0 Å². The predicted molar refractivity (Wildman–Crippen MR) is 108 cm³/mol. The van der Waals surface area contributed by atoms with Crippen molar-refractivity contribution in [3.8, 4) is 0 Å². The van der Waals surface area contributed by atoms with E-state index in [9.17, 15) is 14.9 Å². The maximum Gasteiger partial charge on any atom is 0.274 e. The standard InChI is InChI=1S/C20H15BrN4O3/c21-15-7-3-13(4-8-15)18-12-19(17-2-1-11-22-17)24(23-18)20(26)14-5-9-16(10-6-14)25(27)28/h1-11,19,22H,12H2. The van der Waals surface area contributed by atoms with Crippen LogP contribution in [0, 0.1) is 10.1 Å². The molecule has 1 aliphatic rings. The third kappa shape index (κ3) is 3.46. The number of halogens is 1. The number of aromatic amines is 1. The first-order valence-electron chi connectivity index (χ1n) is 8.57. The van der Waals surface area contributed by atoms with E-state index in [0.29, 0.717) is 12.0 Å². The van der Waals surface area contributed by atoms with Crippen molar-refractivity contribution in [2.24, 2.45) is 5.10 Å². The van der Waals surface area contributed by atoms with Crippen LogP contribution >= 0.6 is 15.9 Å². The van der Waals surface area contributed by atoms with Crippen molar-refractivity contribution in [2.75, 3.05) is 0 Å². The van der Waals surface area contributed by atoms with Crippen LogP contribution < -0.4 is 0 Å². The van der Waals surface area contributed by atoms with Gasteiger partial charge in [-0.15, -0.1) is 0 Å². The minimum Gasteiger partial charge on any atom is -0.363 e. The fraction of sp³-hybridized carbons (Fsp3) is 0.100. The summed E-state index contributed by atoms with van der Waals surface area (Å²) in [5.74, 6) is -0.304. The SMILES string of the molecule is O=C(c1ccc([N+](=O)[O-])cc1)N1N=C(c2ccc(Br)cc2)CC1c1ccc[nH]1. The van der Waals surface area contributed by atoms with Crippen LogP contribution in [0.1, 0.15) is 34.1 Å². The highest BCUT2D eigenvalue weighted by atomic mass is 79.9. The van der Waals surface area contributed by atoms with E-state index >= 15 is 0 Å². The molecule has 0 fully saturated rings. The van der Waals surface area contributed by atoms with Crippen molar-refractivity contribution in [3.63, 3.8) is 0 Å². The number of carbonyl (C=O) groups excluding carboxylic acids is 1. The van der Waals surface area contributed by atoms with Crippen LogP contribution in [0.3, 0.4) is 0 Å². The molecule has 28 heavy (non-hydrogen) atoms. The second-order valence-electron chi connectivity index (χ2n) is 6.35. The third-order valence-electron chi connectivity index (χ3n) is 4.60. The monoisotopic (exact) mass is 438 g/mol. The third-order valence-corrected chi connectivity index (χ3v) is 5.13. The second kappa shape index (κ2) is 7.40. The summed E-state index contributed by atoms with van der Waals surface area (Å²) in [6, 6.07) is 16.9. The molecule has 140 valence electrons. The number of nitrogens with zero attached hydrogens (tertiary/aromatic N) is 3. The largest absolute Gasteiger partial charge is 0.363 e. The number of rotatable bonds is 4. The molecule has 0 saturated carbocycles. The summed E-state index contributed by atoms with van der Waals surface area (Å²) in [6.07, 6.45) is 2.38. The zero-order valence-electron chi connectivity index (χ0n) is 14.6. The molecule has 1 N–H and O–H groups in total. The first kappa shape index (κ1) is 18.1. The molecule has 0 bridgehead atoms. The lowest BCUT2D eigenvalue weighted by molar-refractivity contribution is -0.384. The van der Waals surface area contributed by atoms with E-state index < -0.39 is 4.92 Å². The lowest BCUT2D eigenvalue weighted by atomic mass is 10.0. The van der Waals surface area contributed by atoms with E-state index in [1.807, 2.05) is 42.6 Å². The lowest BCUT2D eigenvalue weighted by Gasteiger charge is -2.20. The number of benzene rings is 2. The number of amides is 1. The number of nitrogens with one attached hydrogen (secondary N) is 1. The van der Waals surface area contributed by atoms with E-state index in [1.54, 1.807) is 0 Å². The quantitative estimate of drug-likeness (QED) is 0.473. The fourth-order valence-electron chi connectivity index (χ4n) is 3.17. The fourth-order valence-corrected chi connectivity index (χ4v) is 3.43. The molecule has 1 atom stereocenters. The number of nitro groups is 1. The summed E-state index contributed by atoms with van der Waals surface area (Å²) in [5.41, 5.74) is 2.92. The highest BCUT2D eigenvalue weighted by Gasteiger charge is 2.34. The Morgan fingerprint density at radius 2 is 1.86 bits per heavy atom. The normalized spacial score (nSPS) is 16.1. The van der Waals surface area contributed by atoms with Crippen LogP contribution in [0.2, 0.25) is 0 Å². The highest BCUT2D eigenvalue weighted by molar-refractivity contribution is 9.10. The molecule has 2 heterocycles. The van der Waals surface area contributed by atoms with Gasteiger partial charge in [-0.3, -0.25) is 14.9 Å². The Labute approximate surface area is 169 Å². The number of non-ortho nitro benzene ring substituents is 1. The van der Waals surface area contributed by atoms with Gasteiger partial charge in [-0.2, -0.15) is 5.10 Å². The Morgan fingerprint density at radius 1 is 1.14 bits per heavy atom. The van der Waals surface area contributed by atoms with Gasteiger partial charge in [-0.1, -0.05) is 28.1 Å². The maximum atomic E-state index is 13.1. The average Bonchev–Trinajstić information content (AvgIpc) is 3.38. The van der Waals surface area contributed by atoms with Crippen molar-refractivity contribution in [3.05, 3.63) is 98.3 Å². The average molecular weight is 439 g/mol. The van der Waals surface area contributed by atoms with Gasteiger partial charge in [0.2, 0.25) is 0 Å². The molecule has 0 saturated heterocycles. The summed E-state index contributed by atoms with van der Waals surface area (Å²) >= 11 is 3.42. The number of carbonyl (C=O) groups is 1. The lowest BCUT2D eigenvalue weighted by Crippen LogP contribution is -2.27. The molecule has 1 aliphatic heterocycles. The molecule has 0 aliphatic carbocycles. The van der Waals surface area contributed by atoms with Gasteiger partial charge < -0.3 is 4.98 Å². The molecule has 1 amide bonds. The minimum absolute atomic E-state index is 0.0575. The van der Waals surface area contributed by atoms with E-state index in [0.717, 1.165) is 21.4 Å². The van der Waals surface area contributed by atoms with E-state index in [2.05, 4.69) is 26.0 Å². The van der Waals surface area contributed by atoms with Gasteiger partial charge >= 0.3 is 0 Å². The Morgan fingerprint density at radius 3 is 2.46 bits per heavy atom. The Balaban J connectivity index is 1.68. The van der Waals surface area contributed by atoms with E-state index in [-0.39, 0.29) is 17.6 Å². The molecule has 0 radical (unpaired) electrons. The first-order valence-corrected chi connectivity index (χ1v) is 9.37. The maximum absolute atomic E-state index is 13.1. The molecular weight excluding hydrogens is 424 g/mol. The molecule has 8 heteroatoms. The summed E-state index contributed by atoms with van der Waals surface area (Å²) in [6.45, 7) is 0. The zero-order valence-corrected chi connectivity index (χ0v) is 16.2. The van der Waals surface area contributed by atoms with E-state index in [1.165, 1.54) is 29.3 Å². The van der Waals surface area contributed by atoms with Gasteiger partial charge in [0.25, 0.3) is 11.6 Å². The van der Waals surface area contributed by atoms with Gasteiger partial charge in [-0.05, 0) is 42.0 Å².